The van der Waals surface area contributed by atoms with Gasteiger partial charge in [-0.1, -0.05) is 12.2 Å². The topological polar surface area (TPSA) is 36.0 Å². The largest absolute Gasteiger partial charge is 0.392 e. The van der Waals surface area contributed by atoms with E-state index in [4.69, 9.17) is 5.11 Å². The van der Waals surface area contributed by atoms with Crippen LogP contribution in [0.5, 0.6) is 0 Å². The van der Waals surface area contributed by atoms with E-state index in [2.05, 4.69) is 17.1 Å². The molecule has 1 aliphatic carbocycles. The molecule has 0 fully saturated rings. The van der Waals surface area contributed by atoms with Crippen molar-refractivity contribution in [2.75, 3.05) is 0 Å². The zero-order valence-electron chi connectivity index (χ0n) is 6.30. The molecular weight excluding hydrogens is 138 g/mol. The first-order valence-electron chi connectivity index (χ1n) is 3.89. The van der Waals surface area contributed by atoms with Crippen LogP contribution in [0, 0.1) is 0 Å². The number of hydrogen-bond acceptors (Lipinski definition) is 1. The lowest BCUT2D eigenvalue weighted by molar-refractivity contribution is 0.281. The summed E-state index contributed by atoms with van der Waals surface area (Å²) in [5, 5.41) is 11.3. The van der Waals surface area contributed by atoms with Crippen molar-refractivity contribution in [3.05, 3.63) is 22.3 Å². The van der Waals surface area contributed by atoms with E-state index in [0.29, 0.717) is 0 Å². The van der Waals surface area contributed by atoms with Crippen LogP contribution in [-0.2, 0) is 6.61 Å². The van der Waals surface area contributed by atoms with Gasteiger partial charge in [0.1, 0.15) is 0 Å². The number of aromatic nitrogens is 1. The van der Waals surface area contributed by atoms with E-state index in [-0.39, 0.29) is 6.61 Å². The fraction of sp³-hybridized carbons (Fsp3) is 0.333. The summed E-state index contributed by atoms with van der Waals surface area (Å²) < 4.78 is 0. The Kier molecular flexibility index (Phi) is 1.55. The minimum atomic E-state index is 0.135. The van der Waals surface area contributed by atoms with Crippen LogP contribution in [-0.4, -0.2) is 10.1 Å². The molecule has 2 heteroatoms. The van der Waals surface area contributed by atoms with Gasteiger partial charge >= 0.3 is 0 Å². The summed E-state index contributed by atoms with van der Waals surface area (Å²) >= 11 is 0. The maximum Gasteiger partial charge on any atom is 0.0702 e. The maximum atomic E-state index is 8.93. The van der Waals surface area contributed by atoms with Crippen molar-refractivity contribution in [2.24, 2.45) is 0 Å². The van der Waals surface area contributed by atoms with Crippen LogP contribution >= 0.6 is 0 Å². The fourth-order valence-electron chi connectivity index (χ4n) is 1.49. The Balaban J connectivity index is 2.73. The summed E-state index contributed by atoms with van der Waals surface area (Å²) in [6.45, 7) is 0.135. The molecule has 11 heavy (non-hydrogen) atoms. The molecule has 1 heterocycles. The molecule has 1 aromatic heterocycles. The molecule has 1 aromatic rings. The second-order valence-corrected chi connectivity index (χ2v) is 2.78. The molecule has 0 amide bonds. The van der Waals surface area contributed by atoms with E-state index in [1.54, 1.807) is 0 Å². The Morgan fingerprint density at radius 2 is 2.18 bits per heavy atom. The molecule has 2 nitrogen and oxygen atoms in total. The van der Waals surface area contributed by atoms with Gasteiger partial charge in [-0.3, -0.25) is 0 Å². The van der Waals surface area contributed by atoms with E-state index in [9.17, 15) is 0 Å². The molecule has 0 saturated carbocycles. The van der Waals surface area contributed by atoms with Crippen molar-refractivity contribution >= 4 is 12.2 Å². The quantitative estimate of drug-likeness (QED) is 0.573. The summed E-state index contributed by atoms with van der Waals surface area (Å²) in [6, 6.07) is 0. The van der Waals surface area contributed by atoms with Crippen molar-refractivity contribution in [1.82, 2.24) is 4.98 Å². The van der Waals surface area contributed by atoms with E-state index in [1.807, 2.05) is 6.20 Å². The van der Waals surface area contributed by atoms with Crippen LogP contribution in [0.3, 0.4) is 0 Å². The highest BCUT2D eigenvalue weighted by Crippen LogP contribution is 1.96. The van der Waals surface area contributed by atoms with Crippen molar-refractivity contribution in [3.63, 3.8) is 0 Å². The third kappa shape index (κ3) is 0.994. The number of aliphatic hydroxyl groups excluding tert-OH is 1. The van der Waals surface area contributed by atoms with Gasteiger partial charge in [-0.25, -0.2) is 0 Å². The lowest BCUT2D eigenvalue weighted by Gasteiger charge is -1.94. The Bertz CT molecular complexity index is 361. The summed E-state index contributed by atoms with van der Waals surface area (Å²) in [4.78, 5) is 3.13. The lowest BCUT2D eigenvalue weighted by atomic mass is 10.1. The van der Waals surface area contributed by atoms with Gasteiger partial charge in [0.2, 0.25) is 0 Å². The van der Waals surface area contributed by atoms with Crippen LogP contribution in [0.4, 0.5) is 0 Å². The molecule has 0 radical (unpaired) electrons. The normalized spacial score (nSPS) is 15.0. The predicted octanol–water partition coefficient (Wildman–Crippen LogP) is -0.138. The molecule has 0 aliphatic heterocycles. The molecule has 2 rings (SSSR count). The number of rotatable bonds is 1. The Hall–Kier alpha value is -1.02. The number of fused-ring (bicyclic) bond motifs is 1. The Labute approximate surface area is 64.9 Å². The number of aromatic amines is 1. The van der Waals surface area contributed by atoms with Crippen LogP contribution in [0.25, 0.3) is 12.2 Å². The number of nitrogens with one attached hydrogen (secondary N) is 1. The predicted molar refractivity (Wildman–Crippen MR) is 44.1 cm³/mol. The Morgan fingerprint density at radius 1 is 1.36 bits per heavy atom. The first-order chi connectivity index (χ1) is 5.42. The van der Waals surface area contributed by atoms with Gasteiger partial charge in [-0.05, 0) is 12.8 Å². The van der Waals surface area contributed by atoms with Crippen molar-refractivity contribution in [3.8, 4) is 0 Å². The summed E-state index contributed by atoms with van der Waals surface area (Å²) in [5.74, 6) is 0. The van der Waals surface area contributed by atoms with Crippen molar-refractivity contribution in [1.29, 1.82) is 0 Å². The fourth-order valence-corrected chi connectivity index (χ4v) is 1.49. The minimum Gasteiger partial charge on any atom is -0.392 e. The number of H-pyrrole nitrogens is 1. The third-order valence-corrected chi connectivity index (χ3v) is 2.07. The summed E-state index contributed by atoms with van der Waals surface area (Å²) in [6.07, 6.45) is 8.44. The number of aliphatic hydroxyl groups is 1. The second-order valence-electron chi connectivity index (χ2n) is 2.78. The third-order valence-electron chi connectivity index (χ3n) is 2.07. The van der Waals surface area contributed by atoms with E-state index >= 15 is 0 Å². The molecule has 0 bridgehead atoms. The van der Waals surface area contributed by atoms with Gasteiger partial charge in [0, 0.05) is 22.3 Å². The standard InChI is InChI=1S/C9H11NO/c11-6-7-5-10-9-4-2-1-3-8(7)9/h3-5,10-11H,1-2,6H2. The highest BCUT2D eigenvalue weighted by Gasteiger charge is 1.99. The monoisotopic (exact) mass is 149 g/mol. The molecule has 0 unspecified atom stereocenters. The van der Waals surface area contributed by atoms with Crippen LogP contribution in [0.2, 0.25) is 0 Å². The second kappa shape index (κ2) is 2.55. The first-order valence-corrected chi connectivity index (χ1v) is 3.89. The van der Waals surface area contributed by atoms with Gasteiger partial charge < -0.3 is 10.1 Å². The molecular formula is C9H11NO. The Morgan fingerprint density at radius 3 is 3.00 bits per heavy atom. The molecule has 0 atom stereocenters. The molecule has 0 saturated heterocycles. The first kappa shape index (κ1) is 6.68. The van der Waals surface area contributed by atoms with E-state index < -0.39 is 0 Å². The molecule has 0 spiro atoms. The highest BCUT2D eigenvalue weighted by molar-refractivity contribution is 5.38. The van der Waals surface area contributed by atoms with Gasteiger partial charge in [0.25, 0.3) is 0 Å². The van der Waals surface area contributed by atoms with Crippen LogP contribution < -0.4 is 10.6 Å². The number of hydrogen-bond donors (Lipinski definition) is 2. The van der Waals surface area contributed by atoms with Crippen LogP contribution in [0.15, 0.2) is 6.20 Å². The lowest BCUT2D eigenvalue weighted by Crippen LogP contribution is -2.26. The average molecular weight is 149 g/mol. The summed E-state index contributed by atoms with van der Waals surface area (Å²) in [7, 11) is 0. The van der Waals surface area contributed by atoms with E-state index in [0.717, 1.165) is 18.4 Å². The van der Waals surface area contributed by atoms with Gasteiger partial charge in [0.15, 0.2) is 0 Å². The van der Waals surface area contributed by atoms with Gasteiger partial charge in [0.05, 0.1) is 6.61 Å². The van der Waals surface area contributed by atoms with Crippen LogP contribution in [0.1, 0.15) is 18.4 Å². The van der Waals surface area contributed by atoms with Gasteiger partial charge in [-0.2, -0.15) is 0 Å². The molecule has 1 aliphatic rings. The SMILES string of the molecule is OCc1c[nH]c2c1=CCCC=2. The van der Waals surface area contributed by atoms with E-state index in [1.165, 1.54) is 10.6 Å². The van der Waals surface area contributed by atoms with Gasteiger partial charge in [-0.15, -0.1) is 0 Å². The zero-order valence-corrected chi connectivity index (χ0v) is 6.30. The highest BCUT2D eigenvalue weighted by atomic mass is 16.3. The van der Waals surface area contributed by atoms with Crippen molar-refractivity contribution < 1.29 is 5.11 Å². The molecule has 58 valence electrons. The smallest absolute Gasteiger partial charge is 0.0702 e. The average Bonchev–Trinajstić information content (AvgIpc) is 2.47. The molecule has 2 N–H and O–H groups in total. The summed E-state index contributed by atoms with van der Waals surface area (Å²) in [5.41, 5.74) is 1.01. The minimum absolute atomic E-state index is 0.135. The maximum absolute atomic E-state index is 8.93. The zero-order chi connectivity index (χ0) is 7.68. The molecule has 0 aromatic carbocycles. The van der Waals surface area contributed by atoms with Crippen molar-refractivity contribution in [2.45, 2.75) is 19.4 Å².